The molecule has 2 rings (SSSR count). The quantitative estimate of drug-likeness (QED) is 0.614. The summed E-state index contributed by atoms with van der Waals surface area (Å²) in [7, 11) is -0.695. The van der Waals surface area contributed by atoms with Gasteiger partial charge in [-0.2, -0.15) is 4.31 Å². The predicted molar refractivity (Wildman–Crippen MR) is 108 cm³/mol. The summed E-state index contributed by atoms with van der Waals surface area (Å²) in [5, 5.41) is 0. The molecule has 0 saturated carbocycles. The van der Waals surface area contributed by atoms with E-state index in [1.165, 1.54) is 24.1 Å². The molecular weight excluding hydrogens is 432 g/mol. The summed E-state index contributed by atoms with van der Waals surface area (Å²) in [6.07, 6.45) is 0. The van der Waals surface area contributed by atoms with Crippen LogP contribution in [0.5, 0.6) is 5.75 Å². The van der Waals surface area contributed by atoms with E-state index >= 15 is 0 Å². The van der Waals surface area contributed by atoms with Crippen molar-refractivity contribution in [1.82, 2.24) is 9.21 Å². The maximum Gasteiger partial charge on any atom is 0.243 e. The number of halogens is 1. The Morgan fingerprint density at radius 3 is 2.33 bits per heavy atom. The lowest BCUT2D eigenvalue weighted by molar-refractivity contribution is -0.130. The van der Waals surface area contributed by atoms with Gasteiger partial charge in [0, 0.05) is 18.6 Å². The first-order valence-electron chi connectivity index (χ1n) is 8.36. The molecule has 0 aromatic heterocycles. The largest absolute Gasteiger partial charge is 0.491 e. The molecule has 0 atom stereocenters. The van der Waals surface area contributed by atoms with Crippen molar-refractivity contribution in [3.63, 3.8) is 0 Å². The average Bonchev–Trinajstić information content (AvgIpc) is 2.63. The van der Waals surface area contributed by atoms with Gasteiger partial charge in [-0.05, 0) is 42.8 Å². The Kier molecular flexibility index (Phi) is 7.41. The summed E-state index contributed by atoms with van der Waals surface area (Å²) < 4.78 is 32.6. The second-order valence-electron chi connectivity index (χ2n) is 6.14. The maximum atomic E-state index is 12.6. The van der Waals surface area contributed by atoms with Crippen LogP contribution in [0.3, 0.4) is 0 Å². The number of carbonyl (C=O) groups is 1. The number of amides is 1. The van der Waals surface area contributed by atoms with Crippen molar-refractivity contribution in [2.24, 2.45) is 0 Å². The number of sulfonamides is 1. The minimum atomic E-state index is -3.72. The van der Waals surface area contributed by atoms with Crippen molar-refractivity contribution in [2.75, 3.05) is 33.8 Å². The van der Waals surface area contributed by atoms with Gasteiger partial charge in [0.1, 0.15) is 12.4 Å². The first kappa shape index (κ1) is 21.4. The van der Waals surface area contributed by atoms with Crippen LogP contribution < -0.4 is 4.74 Å². The average molecular weight is 455 g/mol. The Morgan fingerprint density at radius 1 is 1.07 bits per heavy atom. The smallest absolute Gasteiger partial charge is 0.243 e. The monoisotopic (exact) mass is 454 g/mol. The van der Waals surface area contributed by atoms with Crippen molar-refractivity contribution in [1.29, 1.82) is 0 Å². The molecule has 2 aromatic rings. The van der Waals surface area contributed by atoms with E-state index in [9.17, 15) is 13.2 Å². The predicted octanol–water partition coefficient (Wildman–Crippen LogP) is 2.92. The number of hydrogen-bond acceptors (Lipinski definition) is 4. The van der Waals surface area contributed by atoms with Crippen LogP contribution in [0.4, 0.5) is 0 Å². The zero-order chi connectivity index (χ0) is 20.0. The lowest BCUT2D eigenvalue weighted by Crippen LogP contribution is -2.40. The molecule has 6 nitrogen and oxygen atoms in total. The molecule has 0 saturated heterocycles. The molecule has 2 aromatic carbocycles. The van der Waals surface area contributed by atoms with E-state index in [1.807, 2.05) is 31.2 Å². The molecule has 0 aliphatic heterocycles. The lowest BCUT2D eigenvalue weighted by atomic mass is 10.2. The number of rotatable bonds is 8. The third-order valence-corrected chi connectivity index (χ3v) is 6.43. The van der Waals surface area contributed by atoms with Crippen LogP contribution in [-0.2, 0) is 14.8 Å². The molecular formula is C19H23BrN2O4S. The molecule has 0 unspecified atom stereocenters. The molecule has 146 valence electrons. The van der Waals surface area contributed by atoms with E-state index in [0.717, 1.165) is 20.1 Å². The number of carbonyl (C=O) groups excluding carboxylic acids is 1. The van der Waals surface area contributed by atoms with Gasteiger partial charge in [0.25, 0.3) is 0 Å². The fraction of sp³-hybridized carbons (Fsp3) is 0.316. The Bertz CT molecular complexity index is 885. The number of para-hydroxylation sites is 1. The Morgan fingerprint density at radius 2 is 1.70 bits per heavy atom. The third-order valence-electron chi connectivity index (χ3n) is 4.08. The van der Waals surface area contributed by atoms with Crippen molar-refractivity contribution in [2.45, 2.75) is 11.8 Å². The highest BCUT2D eigenvalue weighted by Gasteiger charge is 2.24. The third kappa shape index (κ3) is 5.79. The zero-order valence-electron chi connectivity index (χ0n) is 15.6. The van der Waals surface area contributed by atoms with E-state index < -0.39 is 10.0 Å². The van der Waals surface area contributed by atoms with E-state index in [0.29, 0.717) is 13.2 Å². The van der Waals surface area contributed by atoms with Gasteiger partial charge in [-0.3, -0.25) is 4.79 Å². The second kappa shape index (κ2) is 9.34. The van der Waals surface area contributed by atoms with Gasteiger partial charge in [-0.15, -0.1) is 0 Å². The highest BCUT2D eigenvalue weighted by atomic mass is 79.9. The van der Waals surface area contributed by atoms with Crippen LogP contribution in [0.1, 0.15) is 5.56 Å². The van der Waals surface area contributed by atoms with Crippen LogP contribution in [0.15, 0.2) is 57.9 Å². The van der Waals surface area contributed by atoms with Gasteiger partial charge in [-0.25, -0.2) is 8.42 Å². The highest BCUT2D eigenvalue weighted by Crippen LogP contribution is 2.18. The normalized spacial score (nSPS) is 11.4. The number of benzene rings is 2. The Hall–Kier alpha value is -1.90. The van der Waals surface area contributed by atoms with Gasteiger partial charge >= 0.3 is 0 Å². The number of ether oxygens (including phenoxy) is 1. The van der Waals surface area contributed by atoms with Crippen molar-refractivity contribution < 1.29 is 17.9 Å². The van der Waals surface area contributed by atoms with Gasteiger partial charge in [0.15, 0.2) is 0 Å². The van der Waals surface area contributed by atoms with Crippen LogP contribution in [0, 0.1) is 6.92 Å². The standard InChI is InChI=1S/C19H23BrN2O4S/c1-15-6-4-5-7-18(15)26-13-12-21(2)19(23)14-22(3)27(24,25)17-10-8-16(20)9-11-17/h4-11H,12-14H2,1-3H3. The van der Waals surface area contributed by atoms with E-state index in [1.54, 1.807) is 19.2 Å². The van der Waals surface area contributed by atoms with E-state index in [-0.39, 0.29) is 17.3 Å². The molecule has 0 bridgehead atoms. The Balaban J connectivity index is 1.89. The maximum absolute atomic E-state index is 12.6. The van der Waals surface area contributed by atoms with E-state index in [4.69, 9.17) is 4.74 Å². The molecule has 0 fully saturated rings. The molecule has 0 radical (unpaired) electrons. The topological polar surface area (TPSA) is 66.9 Å². The first-order valence-corrected chi connectivity index (χ1v) is 10.6. The van der Waals surface area contributed by atoms with Gasteiger partial charge in [0.2, 0.25) is 15.9 Å². The summed E-state index contributed by atoms with van der Waals surface area (Å²) in [4.78, 5) is 14.0. The minimum absolute atomic E-state index is 0.145. The zero-order valence-corrected chi connectivity index (χ0v) is 18.0. The number of nitrogens with zero attached hydrogens (tertiary/aromatic N) is 2. The fourth-order valence-corrected chi connectivity index (χ4v) is 3.70. The molecule has 0 N–H and O–H groups in total. The molecule has 8 heteroatoms. The molecule has 0 heterocycles. The summed E-state index contributed by atoms with van der Waals surface area (Å²) in [5.74, 6) is 0.472. The molecule has 0 aliphatic carbocycles. The van der Waals surface area contributed by atoms with Crippen molar-refractivity contribution >= 4 is 31.9 Å². The first-order chi connectivity index (χ1) is 12.7. The van der Waals surface area contributed by atoms with Crippen molar-refractivity contribution in [3.05, 3.63) is 58.6 Å². The number of aryl methyl sites for hydroxylation is 1. The number of likely N-dealkylation sites (N-methyl/N-ethyl adjacent to an activating group) is 2. The summed E-state index contributed by atoms with van der Waals surface area (Å²) >= 11 is 3.27. The van der Waals surface area contributed by atoms with Gasteiger partial charge in [0.05, 0.1) is 18.0 Å². The van der Waals surface area contributed by atoms with Gasteiger partial charge in [-0.1, -0.05) is 34.1 Å². The highest BCUT2D eigenvalue weighted by molar-refractivity contribution is 9.10. The number of hydrogen-bond donors (Lipinski definition) is 0. The summed E-state index contributed by atoms with van der Waals surface area (Å²) in [5.41, 5.74) is 1.02. The Labute approximate surface area is 168 Å². The fourth-order valence-electron chi connectivity index (χ4n) is 2.32. The molecule has 0 aliphatic rings. The van der Waals surface area contributed by atoms with Crippen molar-refractivity contribution in [3.8, 4) is 5.75 Å². The van der Waals surface area contributed by atoms with Crippen LogP contribution in [0.25, 0.3) is 0 Å². The van der Waals surface area contributed by atoms with Crippen LogP contribution in [-0.4, -0.2) is 57.3 Å². The van der Waals surface area contributed by atoms with Gasteiger partial charge < -0.3 is 9.64 Å². The molecule has 27 heavy (non-hydrogen) atoms. The molecule has 1 amide bonds. The van der Waals surface area contributed by atoms with E-state index in [2.05, 4.69) is 15.9 Å². The summed E-state index contributed by atoms with van der Waals surface area (Å²) in [6.45, 7) is 2.40. The van der Waals surface area contributed by atoms with Crippen LogP contribution in [0.2, 0.25) is 0 Å². The lowest BCUT2D eigenvalue weighted by Gasteiger charge is -2.22. The summed E-state index contributed by atoms with van der Waals surface area (Å²) in [6, 6.07) is 13.9. The molecule has 0 spiro atoms. The second-order valence-corrected chi connectivity index (χ2v) is 9.10. The van der Waals surface area contributed by atoms with Crippen LogP contribution >= 0.6 is 15.9 Å². The SMILES string of the molecule is Cc1ccccc1OCCN(C)C(=O)CN(C)S(=O)(=O)c1ccc(Br)cc1. The minimum Gasteiger partial charge on any atom is -0.491 e.